The summed E-state index contributed by atoms with van der Waals surface area (Å²) in [5.41, 5.74) is 1.67. The van der Waals surface area contributed by atoms with E-state index < -0.39 is 0 Å². The van der Waals surface area contributed by atoms with Gasteiger partial charge in [-0.1, -0.05) is 18.2 Å². The maximum absolute atomic E-state index is 12.3. The zero-order valence-electron chi connectivity index (χ0n) is 10.9. The number of amides is 1. The molecule has 1 amide bonds. The fourth-order valence-corrected chi connectivity index (χ4v) is 2.00. The fraction of sp³-hybridized carbons (Fsp3) is 0.357. The van der Waals surface area contributed by atoms with Gasteiger partial charge in [0.25, 0.3) is 5.91 Å². The summed E-state index contributed by atoms with van der Waals surface area (Å²) >= 11 is 0. The van der Waals surface area contributed by atoms with Crippen LogP contribution in [-0.2, 0) is 7.05 Å². The van der Waals surface area contributed by atoms with Crippen molar-refractivity contribution < 1.29 is 9.90 Å². The van der Waals surface area contributed by atoms with E-state index in [0.717, 1.165) is 10.9 Å². The minimum atomic E-state index is -0.185. The number of carbonyl (C=O) groups is 1. The molecule has 0 saturated heterocycles. The molecule has 1 heterocycles. The van der Waals surface area contributed by atoms with Crippen LogP contribution >= 0.6 is 0 Å². The summed E-state index contributed by atoms with van der Waals surface area (Å²) in [5, 5.41) is 10.2. The Bertz CT molecular complexity index is 574. The van der Waals surface area contributed by atoms with E-state index in [1.54, 1.807) is 11.9 Å². The predicted octanol–water partition coefficient (Wildman–Crippen LogP) is 1.63. The number of aromatic nitrogens is 1. The monoisotopic (exact) mass is 246 g/mol. The van der Waals surface area contributed by atoms with Gasteiger partial charge in [0.05, 0.1) is 12.6 Å². The number of aryl methyl sites for hydroxylation is 1. The van der Waals surface area contributed by atoms with Crippen LogP contribution in [0.25, 0.3) is 10.9 Å². The smallest absolute Gasteiger partial charge is 0.270 e. The quantitative estimate of drug-likeness (QED) is 0.894. The van der Waals surface area contributed by atoms with Crippen LogP contribution in [0.4, 0.5) is 0 Å². The van der Waals surface area contributed by atoms with Crippen LogP contribution in [0.1, 0.15) is 17.4 Å². The van der Waals surface area contributed by atoms with E-state index in [4.69, 9.17) is 5.11 Å². The number of hydrogen-bond acceptors (Lipinski definition) is 2. The molecule has 0 bridgehead atoms. The Morgan fingerprint density at radius 1 is 1.44 bits per heavy atom. The van der Waals surface area contributed by atoms with Crippen molar-refractivity contribution >= 4 is 16.8 Å². The Morgan fingerprint density at radius 2 is 2.11 bits per heavy atom. The van der Waals surface area contributed by atoms with E-state index in [1.807, 2.05) is 48.9 Å². The normalized spacial score (nSPS) is 12.7. The van der Waals surface area contributed by atoms with Gasteiger partial charge in [0, 0.05) is 25.0 Å². The van der Waals surface area contributed by atoms with E-state index in [9.17, 15) is 4.79 Å². The van der Waals surface area contributed by atoms with Crippen LogP contribution in [0.15, 0.2) is 30.3 Å². The minimum Gasteiger partial charge on any atom is -0.394 e. The minimum absolute atomic E-state index is 0.0355. The van der Waals surface area contributed by atoms with E-state index >= 15 is 0 Å². The molecule has 0 radical (unpaired) electrons. The Hall–Kier alpha value is -1.81. The van der Waals surface area contributed by atoms with Gasteiger partial charge in [-0.25, -0.2) is 0 Å². The molecule has 0 aliphatic carbocycles. The number of hydrogen-bond donors (Lipinski definition) is 1. The van der Waals surface area contributed by atoms with Gasteiger partial charge in [0.15, 0.2) is 0 Å². The lowest BCUT2D eigenvalue weighted by molar-refractivity contribution is 0.0673. The van der Waals surface area contributed by atoms with E-state index in [2.05, 4.69) is 0 Å². The fourth-order valence-electron chi connectivity index (χ4n) is 2.00. The number of fused-ring (bicyclic) bond motifs is 1. The second-order valence-electron chi connectivity index (χ2n) is 4.60. The van der Waals surface area contributed by atoms with Crippen LogP contribution in [0, 0.1) is 0 Å². The molecule has 0 fully saturated rings. The number of likely N-dealkylation sites (N-methyl/N-ethyl adjacent to an activating group) is 1. The molecule has 1 aromatic heterocycles. The zero-order chi connectivity index (χ0) is 13.3. The number of benzene rings is 1. The average Bonchev–Trinajstić information content (AvgIpc) is 2.74. The molecule has 1 aromatic carbocycles. The molecule has 0 saturated carbocycles. The molecular formula is C14H18N2O2. The molecule has 4 heteroatoms. The average molecular weight is 246 g/mol. The van der Waals surface area contributed by atoms with E-state index in [1.165, 1.54) is 0 Å². The first-order valence-electron chi connectivity index (χ1n) is 5.98. The molecule has 1 unspecified atom stereocenters. The first-order valence-corrected chi connectivity index (χ1v) is 5.98. The zero-order valence-corrected chi connectivity index (χ0v) is 10.9. The Labute approximate surface area is 106 Å². The number of para-hydroxylation sites is 1. The van der Waals surface area contributed by atoms with E-state index in [-0.39, 0.29) is 18.6 Å². The Morgan fingerprint density at radius 3 is 2.72 bits per heavy atom. The Kier molecular flexibility index (Phi) is 3.39. The van der Waals surface area contributed by atoms with Gasteiger partial charge in [0.2, 0.25) is 0 Å². The predicted molar refractivity (Wildman–Crippen MR) is 71.6 cm³/mol. The molecule has 96 valence electrons. The van der Waals surface area contributed by atoms with Gasteiger partial charge in [0.1, 0.15) is 5.69 Å². The highest BCUT2D eigenvalue weighted by molar-refractivity contribution is 5.98. The lowest BCUT2D eigenvalue weighted by atomic mass is 10.2. The van der Waals surface area contributed by atoms with Gasteiger partial charge in [-0.15, -0.1) is 0 Å². The molecule has 2 aromatic rings. The molecule has 2 rings (SSSR count). The first kappa shape index (κ1) is 12.6. The van der Waals surface area contributed by atoms with Gasteiger partial charge in [-0.05, 0) is 19.1 Å². The number of nitrogens with zero attached hydrogens (tertiary/aromatic N) is 2. The third kappa shape index (κ3) is 1.99. The van der Waals surface area contributed by atoms with Crippen molar-refractivity contribution in [3.05, 3.63) is 36.0 Å². The van der Waals surface area contributed by atoms with Crippen LogP contribution in [-0.4, -0.2) is 40.2 Å². The summed E-state index contributed by atoms with van der Waals surface area (Å²) in [6.07, 6.45) is 0. The first-order chi connectivity index (χ1) is 8.56. The third-order valence-electron chi connectivity index (χ3n) is 3.42. The molecule has 18 heavy (non-hydrogen) atoms. The maximum Gasteiger partial charge on any atom is 0.270 e. The second-order valence-corrected chi connectivity index (χ2v) is 4.60. The number of rotatable bonds is 3. The summed E-state index contributed by atoms with van der Waals surface area (Å²) in [5.74, 6) is -0.0738. The van der Waals surface area contributed by atoms with Gasteiger partial charge in [-0.2, -0.15) is 0 Å². The summed E-state index contributed by atoms with van der Waals surface area (Å²) in [7, 11) is 3.59. The third-order valence-corrected chi connectivity index (χ3v) is 3.42. The Balaban J connectivity index is 2.42. The molecule has 1 N–H and O–H groups in total. The van der Waals surface area contributed by atoms with Crippen LogP contribution in [0.2, 0.25) is 0 Å². The molecule has 1 atom stereocenters. The number of aliphatic hydroxyl groups excluding tert-OH is 1. The summed E-state index contributed by atoms with van der Waals surface area (Å²) in [6.45, 7) is 1.78. The SMILES string of the molecule is CC(CO)N(C)C(=O)c1cc2ccccc2n1C. The summed E-state index contributed by atoms with van der Waals surface area (Å²) in [4.78, 5) is 13.9. The molecular weight excluding hydrogens is 228 g/mol. The van der Waals surface area contributed by atoms with Crippen LogP contribution in [0.5, 0.6) is 0 Å². The van der Waals surface area contributed by atoms with Crippen molar-refractivity contribution in [1.29, 1.82) is 0 Å². The van der Waals surface area contributed by atoms with Crippen molar-refractivity contribution in [3.63, 3.8) is 0 Å². The summed E-state index contributed by atoms with van der Waals surface area (Å²) in [6, 6.07) is 9.59. The topological polar surface area (TPSA) is 45.5 Å². The molecule has 0 aliphatic rings. The molecule has 0 aliphatic heterocycles. The largest absolute Gasteiger partial charge is 0.394 e. The van der Waals surface area contributed by atoms with E-state index in [0.29, 0.717) is 5.69 Å². The highest BCUT2D eigenvalue weighted by Gasteiger charge is 2.20. The van der Waals surface area contributed by atoms with Crippen LogP contribution in [0.3, 0.4) is 0 Å². The van der Waals surface area contributed by atoms with Crippen molar-refractivity contribution in [1.82, 2.24) is 9.47 Å². The maximum atomic E-state index is 12.3. The van der Waals surface area contributed by atoms with Gasteiger partial charge < -0.3 is 14.6 Å². The van der Waals surface area contributed by atoms with Crippen molar-refractivity contribution in [3.8, 4) is 0 Å². The van der Waals surface area contributed by atoms with Crippen LogP contribution < -0.4 is 0 Å². The molecule has 4 nitrogen and oxygen atoms in total. The lowest BCUT2D eigenvalue weighted by Gasteiger charge is -2.23. The van der Waals surface area contributed by atoms with Gasteiger partial charge >= 0.3 is 0 Å². The van der Waals surface area contributed by atoms with Crippen molar-refractivity contribution in [2.75, 3.05) is 13.7 Å². The lowest BCUT2D eigenvalue weighted by Crippen LogP contribution is -2.38. The highest BCUT2D eigenvalue weighted by Crippen LogP contribution is 2.19. The number of aliphatic hydroxyl groups is 1. The standard InChI is InChI=1S/C14H18N2O2/c1-10(9-17)15(2)14(18)13-8-11-6-4-5-7-12(11)16(13)3/h4-8,10,17H,9H2,1-3H3. The van der Waals surface area contributed by atoms with Crippen molar-refractivity contribution in [2.45, 2.75) is 13.0 Å². The number of carbonyl (C=O) groups excluding carboxylic acids is 1. The second kappa shape index (κ2) is 4.82. The highest BCUT2D eigenvalue weighted by atomic mass is 16.3. The molecule has 0 spiro atoms. The summed E-state index contributed by atoms with van der Waals surface area (Å²) < 4.78 is 1.89. The van der Waals surface area contributed by atoms with Gasteiger partial charge in [-0.3, -0.25) is 4.79 Å². The van der Waals surface area contributed by atoms with Crippen molar-refractivity contribution in [2.24, 2.45) is 7.05 Å².